The Balaban J connectivity index is 1.43. The van der Waals surface area contributed by atoms with Crippen molar-refractivity contribution in [2.45, 2.75) is 18.9 Å². The van der Waals surface area contributed by atoms with Crippen LogP contribution in [0, 0.1) is 0 Å². The van der Waals surface area contributed by atoms with Crippen molar-refractivity contribution in [2.75, 3.05) is 31.2 Å². The van der Waals surface area contributed by atoms with E-state index in [-0.39, 0.29) is 11.7 Å². The van der Waals surface area contributed by atoms with Gasteiger partial charge in [-0.1, -0.05) is 0 Å². The molecule has 5 rings (SSSR count). The number of hydrogen-bond acceptors (Lipinski definition) is 7. The van der Waals surface area contributed by atoms with E-state index in [4.69, 9.17) is 15.5 Å². The number of anilines is 3. The largest absolute Gasteiger partial charge is 0.490 e. The van der Waals surface area contributed by atoms with E-state index in [0.29, 0.717) is 22.7 Å². The average molecular weight is 443 g/mol. The van der Waals surface area contributed by atoms with Gasteiger partial charge in [0, 0.05) is 36.7 Å². The standard InChI is InChI=1S/C25H26N6O2/c1-31-12-9-20(10-13-31)33-19-5-3-18(4-6-19)29-24-23-16(8-11-27-25(23)32)14-21(30-24)17-2-7-22(26)28-15-17/h2-8,11,14-15,20H,9-10,12-13H2,1H3,(H2,26,28)(H,27,32)(H,29,30). The number of aromatic nitrogens is 3. The van der Waals surface area contributed by atoms with E-state index < -0.39 is 0 Å². The highest BCUT2D eigenvalue weighted by atomic mass is 16.5. The van der Waals surface area contributed by atoms with Crippen molar-refractivity contribution in [2.24, 2.45) is 0 Å². The third-order valence-corrected chi connectivity index (χ3v) is 5.92. The molecule has 0 spiro atoms. The van der Waals surface area contributed by atoms with E-state index in [1.54, 1.807) is 18.5 Å². The molecule has 0 atom stereocenters. The number of likely N-dealkylation sites (tertiary alicyclic amines) is 1. The van der Waals surface area contributed by atoms with E-state index in [0.717, 1.165) is 48.3 Å². The van der Waals surface area contributed by atoms with Crippen molar-refractivity contribution >= 4 is 28.1 Å². The number of aromatic amines is 1. The predicted octanol–water partition coefficient (Wildman–Crippen LogP) is 3.78. The van der Waals surface area contributed by atoms with Gasteiger partial charge in [0.05, 0.1) is 11.1 Å². The number of H-pyrrole nitrogens is 1. The fourth-order valence-corrected chi connectivity index (χ4v) is 4.06. The van der Waals surface area contributed by atoms with Crippen LogP contribution in [0.4, 0.5) is 17.3 Å². The zero-order valence-corrected chi connectivity index (χ0v) is 18.4. The summed E-state index contributed by atoms with van der Waals surface area (Å²) < 4.78 is 6.14. The summed E-state index contributed by atoms with van der Waals surface area (Å²) >= 11 is 0. The molecule has 4 aromatic rings. The van der Waals surface area contributed by atoms with Gasteiger partial charge in [-0.25, -0.2) is 9.97 Å². The number of fused-ring (bicyclic) bond motifs is 1. The summed E-state index contributed by atoms with van der Waals surface area (Å²) in [6.07, 6.45) is 5.61. The lowest BCUT2D eigenvalue weighted by Gasteiger charge is -2.29. The zero-order valence-electron chi connectivity index (χ0n) is 18.4. The van der Waals surface area contributed by atoms with Crippen LogP contribution in [0.1, 0.15) is 12.8 Å². The summed E-state index contributed by atoms with van der Waals surface area (Å²) in [6.45, 7) is 2.11. The maximum Gasteiger partial charge on any atom is 0.259 e. The molecular formula is C25H26N6O2. The van der Waals surface area contributed by atoms with Gasteiger partial charge >= 0.3 is 0 Å². The highest BCUT2D eigenvalue weighted by Crippen LogP contribution is 2.29. The summed E-state index contributed by atoms with van der Waals surface area (Å²) in [4.78, 5) is 26.5. The Morgan fingerprint density at radius 1 is 1.12 bits per heavy atom. The average Bonchev–Trinajstić information content (AvgIpc) is 2.82. The summed E-state index contributed by atoms with van der Waals surface area (Å²) in [5.41, 5.74) is 7.85. The van der Waals surface area contributed by atoms with Crippen molar-refractivity contribution in [3.63, 3.8) is 0 Å². The molecule has 1 fully saturated rings. The van der Waals surface area contributed by atoms with Crippen LogP contribution in [-0.2, 0) is 0 Å². The van der Waals surface area contributed by atoms with Gasteiger partial charge in [0.1, 0.15) is 23.5 Å². The summed E-state index contributed by atoms with van der Waals surface area (Å²) in [7, 11) is 2.14. The van der Waals surface area contributed by atoms with Crippen LogP contribution in [0.15, 0.2) is 65.7 Å². The van der Waals surface area contributed by atoms with Crippen molar-refractivity contribution < 1.29 is 4.74 Å². The van der Waals surface area contributed by atoms with Gasteiger partial charge in [-0.3, -0.25) is 4.79 Å². The lowest BCUT2D eigenvalue weighted by atomic mass is 10.1. The van der Waals surface area contributed by atoms with Crippen LogP contribution in [-0.4, -0.2) is 46.1 Å². The molecule has 168 valence electrons. The van der Waals surface area contributed by atoms with Gasteiger partial charge in [0.25, 0.3) is 5.56 Å². The van der Waals surface area contributed by atoms with Gasteiger partial charge in [-0.05, 0) is 73.8 Å². The second-order valence-corrected chi connectivity index (χ2v) is 8.37. The molecule has 0 bridgehead atoms. The third-order valence-electron chi connectivity index (χ3n) is 5.92. The molecule has 33 heavy (non-hydrogen) atoms. The number of nitrogens with two attached hydrogens (primary N) is 1. The molecule has 3 aromatic heterocycles. The maximum atomic E-state index is 12.6. The topological polar surface area (TPSA) is 109 Å². The fraction of sp³-hybridized carbons (Fsp3) is 0.240. The second-order valence-electron chi connectivity index (χ2n) is 8.37. The van der Waals surface area contributed by atoms with Crippen LogP contribution in [0.2, 0.25) is 0 Å². The number of hydrogen-bond donors (Lipinski definition) is 3. The smallest absolute Gasteiger partial charge is 0.259 e. The first-order valence-electron chi connectivity index (χ1n) is 11.0. The third kappa shape index (κ3) is 4.65. The van der Waals surface area contributed by atoms with Gasteiger partial charge in [0.15, 0.2) is 0 Å². The van der Waals surface area contributed by atoms with Crippen LogP contribution in [0.3, 0.4) is 0 Å². The van der Waals surface area contributed by atoms with Crippen molar-refractivity contribution in [1.29, 1.82) is 0 Å². The number of pyridine rings is 3. The minimum atomic E-state index is -0.202. The van der Waals surface area contributed by atoms with E-state index in [9.17, 15) is 4.79 Å². The molecule has 4 heterocycles. The van der Waals surface area contributed by atoms with Crippen LogP contribution < -0.4 is 21.3 Å². The number of nitrogen functional groups attached to an aromatic ring is 1. The fourth-order valence-electron chi connectivity index (χ4n) is 4.06. The number of ether oxygens (including phenoxy) is 1. The lowest BCUT2D eigenvalue weighted by Crippen LogP contribution is -2.35. The first-order valence-corrected chi connectivity index (χ1v) is 11.0. The van der Waals surface area contributed by atoms with E-state index in [2.05, 4.69) is 27.2 Å². The minimum absolute atomic E-state index is 0.202. The molecule has 4 N–H and O–H groups in total. The lowest BCUT2D eigenvalue weighted by molar-refractivity contribution is 0.114. The Labute approximate surface area is 191 Å². The van der Waals surface area contributed by atoms with Crippen LogP contribution >= 0.6 is 0 Å². The van der Waals surface area contributed by atoms with E-state index >= 15 is 0 Å². The Kier molecular flexibility index (Phi) is 5.66. The first kappa shape index (κ1) is 21.0. The number of nitrogens with zero attached hydrogens (tertiary/aromatic N) is 3. The Morgan fingerprint density at radius 2 is 1.91 bits per heavy atom. The highest BCUT2D eigenvalue weighted by molar-refractivity contribution is 5.95. The van der Waals surface area contributed by atoms with Crippen molar-refractivity contribution in [3.8, 4) is 17.0 Å². The SMILES string of the molecule is CN1CCC(Oc2ccc(Nc3nc(-c4ccc(N)nc4)cc4cc[nH]c(=O)c34)cc2)CC1. The van der Waals surface area contributed by atoms with Crippen LogP contribution in [0.5, 0.6) is 5.75 Å². The Bertz CT molecular complexity index is 1310. The van der Waals surface area contributed by atoms with Gasteiger partial charge < -0.3 is 25.7 Å². The molecule has 8 heteroatoms. The molecule has 0 aliphatic carbocycles. The minimum Gasteiger partial charge on any atom is -0.490 e. The second kappa shape index (κ2) is 8.91. The first-order chi connectivity index (χ1) is 16.0. The molecule has 1 saturated heterocycles. The van der Waals surface area contributed by atoms with E-state index in [1.807, 2.05) is 42.5 Å². The van der Waals surface area contributed by atoms with Gasteiger partial charge in [0.2, 0.25) is 0 Å². The predicted molar refractivity (Wildman–Crippen MR) is 131 cm³/mol. The Hall–Kier alpha value is -3.91. The van der Waals surface area contributed by atoms with Gasteiger partial charge in [-0.2, -0.15) is 0 Å². The number of piperidine rings is 1. The summed E-state index contributed by atoms with van der Waals surface area (Å²) in [6, 6.07) is 15.1. The summed E-state index contributed by atoms with van der Waals surface area (Å²) in [5.74, 6) is 1.76. The molecule has 8 nitrogen and oxygen atoms in total. The Morgan fingerprint density at radius 3 is 2.64 bits per heavy atom. The molecular weight excluding hydrogens is 416 g/mol. The quantitative estimate of drug-likeness (QED) is 0.431. The van der Waals surface area contributed by atoms with Gasteiger partial charge in [-0.15, -0.1) is 0 Å². The van der Waals surface area contributed by atoms with Crippen molar-refractivity contribution in [1.82, 2.24) is 19.9 Å². The molecule has 0 radical (unpaired) electrons. The number of rotatable bonds is 5. The normalized spacial score (nSPS) is 14.9. The zero-order chi connectivity index (χ0) is 22.8. The molecule has 0 unspecified atom stereocenters. The summed E-state index contributed by atoms with van der Waals surface area (Å²) in [5, 5.41) is 4.59. The van der Waals surface area contributed by atoms with Crippen molar-refractivity contribution in [3.05, 3.63) is 71.3 Å². The highest BCUT2D eigenvalue weighted by Gasteiger charge is 2.18. The monoisotopic (exact) mass is 442 g/mol. The molecule has 1 aliphatic rings. The molecule has 1 aliphatic heterocycles. The van der Waals surface area contributed by atoms with Crippen LogP contribution in [0.25, 0.3) is 22.0 Å². The number of nitrogens with one attached hydrogen (secondary N) is 2. The molecule has 0 saturated carbocycles. The van der Waals surface area contributed by atoms with E-state index in [1.165, 1.54) is 0 Å². The molecule has 0 amide bonds. The number of benzene rings is 1. The molecule has 1 aromatic carbocycles. The maximum absolute atomic E-state index is 12.6.